The van der Waals surface area contributed by atoms with Gasteiger partial charge in [-0.25, -0.2) is 18.1 Å². The topological polar surface area (TPSA) is 94.0 Å². The highest BCUT2D eigenvalue weighted by atomic mass is 32.2. The Balaban J connectivity index is 2.28. The molecule has 0 saturated carbocycles. The molecule has 0 bridgehead atoms. The number of pyridine rings is 1. The Bertz CT molecular complexity index is 766. The van der Waals surface area contributed by atoms with Crippen LogP contribution >= 0.6 is 0 Å². The van der Waals surface area contributed by atoms with E-state index < -0.39 is 9.84 Å². The van der Waals surface area contributed by atoms with Crippen molar-refractivity contribution in [3.8, 4) is 0 Å². The summed E-state index contributed by atoms with van der Waals surface area (Å²) in [6.07, 6.45) is 2.76. The second kappa shape index (κ2) is 5.41. The lowest BCUT2D eigenvalue weighted by Crippen LogP contribution is -2.21. The summed E-state index contributed by atoms with van der Waals surface area (Å²) in [4.78, 5) is 15.9. The fraction of sp³-hybridized carbons (Fsp3) is 0.250. The molecule has 0 aliphatic heterocycles. The molecule has 2 aromatic heterocycles. The van der Waals surface area contributed by atoms with Crippen molar-refractivity contribution in [2.45, 2.75) is 11.8 Å². The first kappa shape index (κ1) is 14.2. The predicted molar refractivity (Wildman–Crippen MR) is 74.7 cm³/mol. The minimum absolute atomic E-state index is 0.0202. The van der Waals surface area contributed by atoms with Crippen molar-refractivity contribution in [2.24, 2.45) is 7.05 Å². The third-order valence-electron chi connectivity index (χ3n) is 2.74. The van der Waals surface area contributed by atoms with Crippen LogP contribution in [-0.2, 0) is 16.9 Å². The molecule has 1 N–H and O–H groups in total. The summed E-state index contributed by atoms with van der Waals surface area (Å²) in [5.41, 5.74) is 0.0284. The number of aromatic nitrogens is 3. The first-order chi connectivity index (χ1) is 9.44. The highest BCUT2D eigenvalue weighted by Gasteiger charge is 2.12. The largest absolute Gasteiger partial charge is 0.336 e. The van der Waals surface area contributed by atoms with E-state index in [4.69, 9.17) is 0 Å². The lowest BCUT2D eigenvalue weighted by Gasteiger charge is -2.06. The van der Waals surface area contributed by atoms with Gasteiger partial charge in [0.1, 0.15) is 11.5 Å². The van der Waals surface area contributed by atoms with Crippen LogP contribution in [0.4, 0.5) is 11.5 Å². The molecular formula is C12H14N4O3S. The van der Waals surface area contributed by atoms with E-state index in [1.165, 1.54) is 42.3 Å². The molecule has 8 heteroatoms. The molecule has 0 fully saturated rings. The number of hydrogen-bond acceptors (Lipinski definition) is 6. The zero-order valence-corrected chi connectivity index (χ0v) is 11.9. The summed E-state index contributed by atoms with van der Waals surface area (Å²) in [5.74, 6) is 0.412. The molecule has 0 aliphatic rings. The molecule has 0 spiro atoms. The van der Waals surface area contributed by atoms with Gasteiger partial charge in [-0.3, -0.25) is 4.79 Å². The van der Waals surface area contributed by atoms with E-state index in [1.807, 2.05) is 0 Å². The van der Waals surface area contributed by atoms with Gasteiger partial charge in [0.25, 0.3) is 5.56 Å². The molecule has 0 radical (unpaired) electrons. The van der Waals surface area contributed by atoms with E-state index in [9.17, 15) is 13.2 Å². The van der Waals surface area contributed by atoms with Gasteiger partial charge in [-0.05, 0) is 18.2 Å². The van der Waals surface area contributed by atoms with Crippen LogP contribution in [0.15, 0.2) is 40.3 Å². The Morgan fingerprint density at radius 1 is 1.30 bits per heavy atom. The molecule has 2 aromatic rings. The summed E-state index contributed by atoms with van der Waals surface area (Å²) in [7, 11) is -1.73. The third kappa shape index (κ3) is 2.85. The summed E-state index contributed by atoms with van der Waals surface area (Å²) >= 11 is 0. The number of nitrogens with zero attached hydrogens (tertiary/aromatic N) is 3. The molecule has 2 rings (SSSR count). The van der Waals surface area contributed by atoms with Gasteiger partial charge < -0.3 is 5.32 Å². The quantitative estimate of drug-likeness (QED) is 0.892. The standard InChI is InChI=1S/C12H14N4O3S/c1-3-20(18,19)9-4-5-11(13-8-9)15-10-6-7-14-16(2)12(10)17/h4-8H,3H2,1-2H3,(H,13,15). The van der Waals surface area contributed by atoms with Crippen molar-refractivity contribution in [1.82, 2.24) is 14.8 Å². The maximum Gasteiger partial charge on any atom is 0.290 e. The minimum atomic E-state index is -3.27. The van der Waals surface area contributed by atoms with Gasteiger partial charge in [0.15, 0.2) is 9.84 Å². The molecule has 0 unspecified atom stereocenters. The van der Waals surface area contributed by atoms with E-state index in [0.29, 0.717) is 11.5 Å². The van der Waals surface area contributed by atoms with Gasteiger partial charge in [0.05, 0.1) is 10.6 Å². The van der Waals surface area contributed by atoms with Gasteiger partial charge in [-0.2, -0.15) is 5.10 Å². The molecule has 0 amide bonds. The van der Waals surface area contributed by atoms with E-state index >= 15 is 0 Å². The highest BCUT2D eigenvalue weighted by Crippen LogP contribution is 2.14. The van der Waals surface area contributed by atoms with Gasteiger partial charge in [-0.15, -0.1) is 0 Å². The van der Waals surface area contributed by atoms with Crippen LogP contribution in [0.25, 0.3) is 0 Å². The Morgan fingerprint density at radius 2 is 2.05 bits per heavy atom. The van der Waals surface area contributed by atoms with Crippen molar-refractivity contribution >= 4 is 21.3 Å². The van der Waals surface area contributed by atoms with Crippen molar-refractivity contribution in [1.29, 1.82) is 0 Å². The zero-order valence-electron chi connectivity index (χ0n) is 11.1. The summed E-state index contributed by atoms with van der Waals surface area (Å²) < 4.78 is 24.5. The van der Waals surface area contributed by atoms with Crippen LogP contribution in [0.5, 0.6) is 0 Å². The molecule has 0 aromatic carbocycles. The van der Waals surface area contributed by atoms with E-state index in [1.54, 1.807) is 6.92 Å². The second-order valence-electron chi connectivity index (χ2n) is 4.08. The van der Waals surface area contributed by atoms with Crippen LogP contribution < -0.4 is 10.9 Å². The van der Waals surface area contributed by atoms with Crippen LogP contribution in [0.1, 0.15) is 6.92 Å². The molecule has 20 heavy (non-hydrogen) atoms. The first-order valence-corrected chi connectivity index (χ1v) is 7.57. The SMILES string of the molecule is CCS(=O)(=O)c1ccc(Nc2ccnn(C)c2=O)nc1. The van der Waals surface area contributed by atoms with Crippen LogP contribution in [-0.4, -0.2) is 28.9 Å². The first-order valence-electron chi connectivity index (χ1n) is 5.92. The predicted octanol–water partition coefficient (Wildman–Crippen LogP) is 0.712. The molecule has 7 nitrogen and oxygen atoms in total. The van der Waals surface area contributed by atoms with Gasteiger partial charge >= 0.3 is 0 Å². The maximum absolute atomic E-state index is 11.8. The second-order valence-corrected chi connectivity index (χ2v) is 6.36. The highest BCUT2D eigenvalue weighted by molar-refractivity contribution is 7.91. The molecule has 0 atom stereocenters. The van der Waals surface area contributed by atoms with Crippen molar-refractivity contribution in [3.05, 3.63) is 40.9 Å². The minimum Gasteiger partial charge on any atom is -0.336 e. The van der Waals surface area contributed by atoms with Gasteiger partial charge in [-0.1, -0.05) is 6.92 Å². The molecular weight excluding hydrogens is 280 g/mol. The third-order valence-corrected chi connectivity index (χ3v) is 4.46. The Kier molecular flexibility index (Phi) is 3.84. The molecule has 2 heterocycles. The Labute approximate surface area is 116 Å². The number of nitrogens with one attached hydrogen (secondary N) is 1. The van der Waals surface area contributed by atoms with Gasteiger partial charge in [0, 0.05) is 19.4 Å². The molecule has 0 saturated heterocycles. The van der Waals surface area contributed by atoms with Crippen LogP contribution in [0, 0.1) is 0 Å². The van der Waals surface area contributed by atoms with Crippen molar-refractivity contribution in [3.63, 3.8) is 0 Å². The molecule has 106 valence electrons. The van der Waals surface area contributed by atoms with Crippen molar-refractivity contribution < 1.29 is 8.42 Å². The fourth-order valence-electron chi connectivity index (χ4n) is 1.54. The Hall–Kier alpha value is -2.22. The summed E-state index contributed by atoms with van der Waals surface area (Å²) in [6, 6.07) is 4.50. The number of sulfone groups is 1. The Morgan fingerprint density at radius 3 is 2.65 bits per heavy atom. The monoisotopic (exact) mass is 294 g/mol. The fourth-order valence-corrected chi connectivity index (χ4v) is 2.37. The zero-order chi connectivity index (χ0) is 14.8. The summed E-state index contributed by atoms with van der Waals surface area (Å²) in [5, 5.41) is 6.63. The average molecular weight is 294 g/mol. The molecule has 0 aliphatic carbocycles. The van der Waals surface area contributed by atoms with E-state index in [2.05, 4.69) is 15.4 Å². The number of hydrogen-bond donors (Lipinski definition) is 1. The maximum atomic E-state index is 11.8. The van der Waals surface area contributed by atoms with E-state index in [0.717, 1.165) is 0 Å². The normalized spacial score (nSPS) is 11.3. The lowest BCUT2D eigenvalue weighted by atomic mass is 10.4. The number of anilines is 2. The average Bonchev–Trinajstić information content (AvgIpc) is 2.44. The smallest absolute Gasteiger partial charge is 0.290 e. The van der Waals surface area contributed by atoms with Crippen LogP contribution in [0.3, 0.4) is 0 Å². The van der Waals surface area contributed by atoms with Gasteiger partial charge in [0.2, 0.25) is 0 Å². The number of aryl methyl sites for hydroxylation is 1. The number of rotatable bonds is 4. The van der Waals surface area contributed by atoms with Crippen molar-refractivity contribution in [2.75, 3.05) is 11.1 Å². The summed E-state index contributed by atoms with van der Waals surface area (Å²) in [6.45, 7) is 1.57. The van der Waals surface area contributed by atoms with E-state index in [-0.39, 0.29) is 16.2 Å². The lowest BCUT2D eigenvalue weighted by molar-refractivity contribution is 0.597. The van der Waals surface area contributed by atoms with Crippen LogP contribution in [0.2, 0.25) is 0 Å².